The first-order valence-corrected chi connectivity index (χ1v) is 7.41. The number of amides is 1. The Hall–Kier alpha value is -1.33. The molecule has 2 rings (SSSR count). The van der Waals surface area contributed by atoms with Crippen LogP contribution in [0.15, 0.2) is 12.1 Å². The second kappa shape index (κ2) is 6.90. The lowest BCUT2D eigenvalue weighted by molar-refractivity contribution is 0.0931. The van der Waals surface area contributed by atoms with Gasteiger partial charge in [0.2, 0.25) is 0 Å². The van der Waals surface area contributed by atoms with Crippen molar-refractivity contribution in [2.75, 3.05) is 12.0 Å². The Kier molecular flexibility index (Phi) is 5.20. The van der Waals surface area contributed by atoms with Crippen LogP contribution in [0.2, 0.25) is 5.02 Å². The summed E-state index contributed by atoms with van der Waals surface area (Å²) in [6, 6.07) is 3.24. The lowest BCUT2D eigenvalue weighted by atomic mass is 9.80. The van der Waals surface area contributed by atoms with Crippen molar-refractivity contribution in [1.82, 2.24) is 10.3 Å². The van der Waals surface area contributed by atoms with E-state index in [4.69, 9.17) is 17.4 Å². The Morgan fingerprint density at radius 1 is 1.45 bits per heavy atom. The highest BCUT2D eigenvalue weighted by Crippen LogP contribution is 2.29. The lowest BCUT2D eigenvalue weighted by Gasteiger charge is -2.28. The highest BCUT2D eigenvalue weighted by atomic mass is 35.5. The van der Waals surface area contributed by atoms with Gasteiger partial charge in [-0.2, -0.15) is 0 Å². The maximum atomic E-state index is 12.2. The molecular formula is C14H21ClN4O. The maximum Gasteiger partial charge on any atom is 0.271 e. The third-order valence-corrected chi connectivity index (χ3v) is 4.33. The van der Waals surface area contributed by atoms with Crippen molar-refractivity contribution >= 4 is 23.3 Å². The Labute approximate surface area is 124 Å². The van der Waals surface area contributed by atoms with Gasteiger partial charge in [0, 0.05) is 6.54 Å². The number of halogens is 1. The van der Waals surface area contributed by atoms with Crippen molar-refractivity contribution in [3.8, 4) is 0 Å². The van der Waals surface area contributed by atoms with Gasteiger partial charge < -0.3 is 10.7 Å². The summed E-state index contributed by atoms with van der Waals surface area (Å²) in [4.78, 5) is 16.2. The zero-order valence-electron chi connectivity index (χ0n) is 11.7. The number of nitrogens with two attached hydrogens (primary N) is 1. The highest BCUT2D eigenvalue weighted by Gasteiger charge is 2.22. The van der Waals surface area contributed by atoms with Gasteiger partial charge in [-0.05, 0) is 30.4 Å². The molecule has 0 bridgehead atoms. The van der Waals surface area contributed by atoms with Crippen LogP contribution in [0.25, 0.3) is 0 Å². The van der Waals surface area contributed by atoms with Crippen molar-refractivity contribution in [1.29, 1.82) is 0 Å². The topological polar surface area (TPSA) is 80.0 Å². The quantitative estimate of drug-likeness (QED) is 0.589. The summed E-state index contributed by atoms with van der Waals surface area (Å²) in [5.74, 6) is 6.67. The number of pyridine rings is 1. The van der Waals surface area contributed by atoms with E-state index in [2.05, 4.69) is 22.7 Å². The standard InChI is InChI=1S/C14H21ClN4O/c1-9-4-2-3-5-10(9)8-17-14(20)13-11(15)6-7-12(18-13)19-16/h6-7,9-10H,2-5,8,16H2,1H3,(H,17,20)(H,18,19). The van der Waals surface area contributed by atoms with E-state index in [1.165, 1.54) is 25.7 Å². The first kappa shape index (κ1) is 15.1. The third-order valence-electron chi connectivity index (χ3n) is 4.02. The number of hydrogen-bond donors (Lipinski definition) is 3. The fraction of sp³-hybridized carbons (Fsp3) is 0.571. The number of rotatable bonds is 4. The molecule has 6 heteroatoms. The summed E-state index contributed by atoms with van der Waals surface area (Å²) >= 11 is 6.01. The van der Waals surface area contributed by atoms with Crippen molar-refractivity contribution in [2.45, 2.75) is 32.6 Å². The average molecular weight is 297 g/mol. The van der Waals surface area contributed by atoms with E-state index >= 15 is 0 Å². The van der Waals surface area contributed by atoms with Crippen LogP contribution in [0.3, 0.4) is 0 Å². The van der Waals surface area contributed by atoms with Crippen molar-refractivity contribution in [2.24, 2.45) is 17.7 Å². The monoisotopic (exact) mass is 296 g/mol. The van der Waals surface area contributed by atoms with Gasteiger partial charge in [0.05, 0.1) is 5.02 Å². The van der Waals surface area contributed by atoms with Crippen molar-refractivity contribution in [3.05, 3.63) is 22.8 Å². The molecule has 1 aromatic rings. The fourth-order valence-corrected chi connectivity index (χ4v) is 2.88. The average Bonchev–Trinajstić information content (AvgIpc) is 2.46. The van der Waals surface area contributed by atoms with Gasteiger partial charge >= 0.3 is 0 Å². The van der Waals surface area contributed by atoms with Crippen LogP contribution in [0.5, 0.6) is 0 Å². The number of carbonyl (C=O) groups excluding carboxylic acids is 1. The molecule has 1 aliphatic carbocycles. The van der Waals surface area contributed by atoms with Gasteiger partial charge in [0.25, 0.3) is 5.91 Å². The number of hydrogen-bond acceptors (Lipinski definition) is 4. The zero-order chi connectivity index (χ0) is 14.5. The molecule has 2 unspecified atom stereocenters. The van der Waals surface area contributed by atoms with E-state index in [0.29, 0.717) is 29.2 Å². The summed E-state index contributed by atoms with van der Waals surface area (Å²) in [7, 11) is 0. The van der Waals surface area contributed by atoms with E-state index in [0.717, 1.165) is 0 Å². The molecule has 1 saturated carbocycles. The first-order valence-electron chi connectivity index (χ1n) is 7.03. The molecular weight excluding hydrogens is 276 g/mol. The van der Waals surface area contributed by atoms with Crippen molar-refractivity contribution in [3.63, 3.8) is 0 Å². The molecule has 1 heterocycles. The Morgan fingerprint density at radius 3 is 2.90 bits per heavy atom. The van der Waals surface area contributed by atoms with E-state index in [1.54, 1.807) is 12.1 Å². The second-order valence-corrected chi connectivity index (χ2v) is 5.81. The predicted octanol–water partition coefficient (Wildman–Crippen LogP) is 2.58. The molecule has 1 amide bonds. The van der Waals surface area contributed by atoms with Gasteiger partial charge in [-0.1, -0.05) is 37.8 Å². The normalized spacial score (nSPS) is 22.4. The molecule has 5 nitrogen and oxygen atoms in total. The number of nitrogens with zero attached hydrogens (tertiary/aromatic N) is 1. The second-order valence-electron chi connectivity index (χ2n) is 5.40. The molecule has 0 spiro atoms. The molecule has 0 aromatic carbocycles. The maximum absolute atomic E-state index is 12.2. The molecule has 1 fully saturated rings. The summed E-state index contributed by atoms with van der Waals surface area (Å²) < 4.78 is 0. The lowest BCUT2D eigenvalue weighted by Crippen LogP contribution is -2.34. The highest BCUT2D eigenvalue weighted by molar-refractivity contribution is 6.33. The molecule has 1 aliphatic rings. The van der Waals surface area contributed by atoms with E-state index in [-0.39, 0.29) is 11.6 Å². The number of anilines is 1. The number of aromatic nitrogens is 1. The van der Waals surface area contributed by atoms with E-state index in [1.807, 2.05) is 0 Å². The smallest absolute Gasteiger partial charge is 0.271 e. The zero-order valence-corrected chi connectivity index (χ0v) is 12.4. The Bertz CT molecular complexity index is 480. The van der Waals surface area contributed by atoms with Crippen LogP contribution in [0.4, 0.5) is 5.82 Å². The molecule has 110 valence electrons. The van der Waals surface area contributed by atoms with Gasteiger partial charge in [0.15, 0.2) is 0 Å². The number of hydrazine groups is 1. The van der Waals surface area contributed by atoms with Gasteiger partial charge in [0.1, 0.15) is 11.5 Å². The van der Waals surface area contributed by atoms with E-state index < -0.39 is 0 Å². The predicted molar refractivity (Wildman–Crippen MR) is 80.5 cm³/mol. The van der Waals surface area contributed by atoms with Crippen LogP contribution in [0.1, 0.15) is 43.1 Å². The fourth-order valence-electron chi connectivity index (χ4n) is 2.69. The number of carbonyl (C=O) groups is 1. The molecule has 4 N–H and O–H groups in total. The van der Waals surface area contributed by atoms with Gasteiger partial charge in [-0.25, -0.2) is 10.8 Å². The summed E-state index contributed by atoms with van der Waals surface area (Å²) in [6.07, 6.45) is 4.96. The molecule has 0 saturated heterocycles. The molecule has 20 heavy (non-hydrogen) atoms. The summed E-state index contributed by atoms with van der Waals surface area (Å²) in [5.41, 5.74) is 2.63. The van der Waals surface area contributed by atoms with Gasteiger partial charge in [-0.15, -0.1) is 0 Å². The Balaban J connectivity index is 1.97. The molecule has 0 radical (unpaired) electrons. The van der Waals surface area contributed by atoms with Crippen LogP contribution in [-0.2, 0) is 0 Å². The Morgan fingerprint density at radius 2 is 2.20 bits per heavy atom. The SMILES string of the molecule is CC1CCCCC1CNC(=O)c1nc(NN)ccc1Cl. The first-order chi connectivity index (χ1) is 9.61. The molecule has 1 aromatic heterocycles. The van der Waals surface area contributed by atoms with E-state index in [9.17, 15) is 4.79 Å². The summed E-state index contributed by atoms with van der Waals surface area (Å²) in [6.45, 7) is 2.93. The largest absolute Gasteiger partial charge is 0.350 e. The minimum absolute atomic E-state index is 0.213. The molecule has 2 atom stereocenters. The van der Waals surface area contributed by atoms with Crippen molar-refractivity contribution < 1.29 is 4.79 Å². The van der Waals surface area contributed by atoms with Crippen LogP contribution in [-0.4, -0.2) is 17.4 Å². The number of nitrogen functional groups attached to an aromatic ring is 1. The minimum Gasteiger partial charge on any atom is -0.350 e. The molecule has 0 aliphatic heterocycles. The third kappa shape index (κ3) is 3.61. The van der Waals surface area contributed by atoms with Crippen LogP contribution in [0, 0.1) is 11.8 Å². The van der Waals surface area contributed by atoms with Gasteiger partial charge in [-0.3, -0.25) is 4.79 Å². The number of nitrogens with one attached hydrogen (secondary N) is 2. The minimum atomic E-state index is -0.245. The van der Waals surface area contributed by atoms with Crippen LogP contribution >= 0.6 is 11.6 Å². The summed E-state index contributed by atoms with van der Waals surface area (Å²) in [5, 5.41) is 3.27. The van der Waals surface area contributed by atoms with Crippen LogP contribution < -0.4 is 16.6 Å².